The van der Waals surface area contributed by atoms with E-state index in [1.807, 2.05) is 43.6 Å². The first-order valence-electron chi connectivity index (χ1n) is 10.6. The maximum absolute atomic E-state index is 15.0. The molecule has 6 nitrogen and oxygen atoms in total. The molecule has 6 rings (SSSR count). The molecule has 0 N–H and O–H groups in total. The van der Waals surface area contributed by atoms with E-state index in [2.05, 4.69) is 10.00 Å². The lowest BCUT2D eigenvalue weighted by Crippen LogP contribution is -2.69. The summed E-state index contributed by atoms with van der Waals surface area (Å²) in [6.45, 7) is 3.11. The van der Waals surface area contributed by atoms with Crippen molar-refractivity contribution >= 4 is 11.6 Å². The highest BCUT2D eigenvalue weighted by Gasteiger charge is 2.59. The van der Waals surface area contributed by atoms with Crippen LogP contribution in [0.15, 0.2) is 54.9 Å². The van der Waals surface area contributed by atoms with Crippen molar-refractivity contribution in [1.82, 2.24) is 14.7 Å². The zero-order chi connectivity index (χ0) is 21.2. The largest absolute Gasteiger partial charge is 0.378 e. The molecule has 2 aromatic carbocycles. The molecule has 7 heteroatoms. The number of amides is 1. The Labute approximate surface area is 179 Å². The molecule has 0 atom stereocenters. The average molecular weight is 418 g/mol. The number of benzene rings is 2. The van der Waals surface area contributed by atoms with Gasteiger partial charge >= 0.3 is 0 Å². The zero-order valence-electron chi connectivity index (χ0n) is 17.3. The predicted molar refractivity (Wildman–Crippen MR) is 114 cm³/mol. The molecule has 2 fully saturated rings. The molecule has 1 aromatic heterocycles. The SMILES string of the molecule is Cn1cc(-c2ccc(CN3C(=O)C4(CN(C5COC5)C4)c4ccccc43)c(F)c2)cn1. The number of fused-ring (bicyclic) bond motifs is 2. The summed E-state index contributed by atoms with van der Waals surface area (Å²) in [6.07, 6.45) is 3.57. The third-order valence-electron chi connectivity index (χ3n) is 6.87. The predicted octanol–water partition coefficient (Wildman–Crippen LogP) is 2.73. The number of para-hydroxylation sites is 1. The lowest BCUT2D eigenvalue weighted by molar-refractivity contribution is -0.142. The molecule has 1 spiro atoms. The van der Waals surface area contributed by atoms with E-state index < -0.39 is 5.41 Å². The van der Waals surface area contributed by atoms with Crippen LogP contribution in [0, 0.1) is 5.82 Å². The van der Waals surface area contributed by atoms with E-state index in [9.17, 15) is 4.79 Å². The van der Waals surface area contributed by atoms with Crippen LogP contribution in [0.3, 0.4) is 0 Å². The van der Waals surface area contributed by atoms with Gasteiger partial charge in [0, 0.05) is 43.1 Å². The van der Waals surface area contributed by atoms with E-state index in [-0.39, 0.29) is 18.3 Å². The summed E-state index contributed by atoms with van der Waals surface area (Å²) in [7, 11) is 1.83. The van der Waals surface area contributed by atoms with Crippen molar-refractivity contribution in [3.63, 3.8) is 0 Å². The van der Waals surface area contributed by atoms with Crippen LogP contribution in [0.25, 0.3) is 11.1 Å². The van der Waals surface area contributed by atoms with Crippen molar-refractivity contribution in [3.05, 3.63) is 71.8 Å². The molecule has 0 saturated carbocycles. The van der Waals surface area contributed by atoms with Crippen LogP contribution < -0.4 is 4.90 Å². The highest BCUT2D eigenvalue weighted by atomic mass is 19.1. The Bertz CT molecular complexity index is 1180. The van der Waals surface area contributed by atoms with Crippen molar-refractivity contribution in [2.75, 3.05) is 31.2 Å². The first-order valence-corrected chi connectivity index (χ1v) is 10.6. The maximum Gasteiger partial charge on any atom is 0.240 e. The van der Waals surface area contributed by atoms with Gasteiger partial charge < -0.3 is 9.64 Å². The van der Waals surface area contributed by atoms with Crippen LogP contribution in [0.2, 0.25) is 0 Å². The summed E-state index contributed by atoms with van der Waals surface area (Å²) in [6, 6.07) is 13.5. The Morgan fingerprint density at radius 1 is 1.16 bits per heavy atom. The Hall–Kier alpha value is -3.03. The van der Waals surface area contributed by atoms with E-state index in [4.69, 9.17) is 4.74 Å². The van der Waals surface area contributed by atoms with Crippen molar-refractivity contribution in [2.45, 2.75) is 18.0 Å². The van der Waals surface area contributed by atoms with Crippen LogP contribution in [0.4, 0.5) is 10.1 Å². The molecule has 0 unspecified atom stereocenters. The second kappa shape index (κ2) is 6.73. The number of carbonyl (C=O) groups is 1. The quantitative estimate of drug-likeness (QED) is 0.654. The third kappa shape index (κ3) is 2.77. The number of nitrogens with zero attached hydrogens (tertiary/aromatic N) is 4. The second-order valence-corrected chi connectivity index (χ2v) is 8.80. The van der Waals surface area contributed by atoms with Crippen molar-refractivity contribution in [1.29, 1.82) is 0 Å². The van der Waals surface area contributed by atoms with Gasteiger partial charge in [0.05, 0.1) is 32.0 Å². The van der Waals surface area contributed by atoms with Gasteiger partial charge in [0.25, 0.3) is 0 Å². The van der Waals surface area contributed by atoms with Gasteiger partial charge in [0.2, 0.25) is 5.91 Å². The monoisotopic (exact) mass is 418 g/mol. The number of ether oxygens (including phenoxy) is 1. The Morgan fingerprint density at radius 2 is 1.97 bits per heavy atom. The average Bonchev–Trinajstić information content (AvgIpc) is 3.23. The second-order valence-electron chi connectivity index (χ2n) is 8.80. The Balaban J connectivity index is 1.28. The molecule has 31 heavy (non-hydrogen) atoms. The summed E-state index contributed by atoms with van der Waals surface area (Å²) in [5.41, 5.74) is 3.59. The summed E-state index contributed by atoms with van der Waals surface area (Å²) >= 11 is 0. The van der Waals surface area contributed by atoms with Crippen LogP contribution >= 0.6 is 0 Å². The number of aromatic nitrogens is 2. The van der Waals surface area contributed by atoms with Gasteiger partial charge in [-0.1, -0.05) is 30.3 Å². The van der Waals surface area contributed by atoms with Crippen LogP contribution in [-0.2, 0) is 28.5 Å². The molecule has 0 aliphatic carbocycles. The molecule has 4 heterocycles. The molecule has 158 valence electrons. The molecule has 2 saturated heterocycles. The van der Waals surface area contributed by atoms with Crippen molar-refractivity contribution < 1.29 is 13.9 Å². The first-order chi connectivity index (χ1) is 15.0. The normalized spacial score (nSPS) is 20.1. The minimum atomic E-state index is -0.516. The fourth-order valence-corrected chi connectivity index (χ4v) is 4.99. The van der Waals surface area contributed by atoms with Gasteiger partial charge in [-0.2, -0.15) is 5.10 Å². The smallest absolute Gasteiger partial charge is 0.240 e. The minimum Gasteiger partial charge on any atom is -0.378 e. The van der Waals surface area contributed by atoms with Gasteiger partial charge in [-0.3, -0.25) is 14.4 Å². The summed E-state index contributed by atoms with van der Waals surface area (Å²) < 4.78 is 22.0. The topological polar surface area (TPSA) is 50.6 Å². The molecular weight excluding hydrogens is 395 g/mol. The Kier molecular flexibility index (Phi) is 4.07. The summed E-state index contributed by atoms with van der Waals surface area (Å²) in [5.74, 6) is -0.240. The first kappa shape index (κ1) is 18.7. The molecule has 1 amide bonds. The Morgan fingerprint density at radius 3 is 2.65 bits per heavy atom. The van der Waals surface area contributed by atoms with Crippen LogP contribution in [0.5, 0.6) is 0 Å². The fourth-order valence-electron chi connectivity index (χ4n) is 4.99. The molecule has 3 aromatic rings. The summed E-state index contributed by atoms with van der Waals surface area (Å²) in [5, 5.41) is 4.15. The zero-order valence-corrected chi connectivity index (χ0v) is 17.3. The molecule has 0 radical (unpaired) electrons. The fraction of sp³-hybridized carbons (Fsp3) is 0.333. The highest BCUT2D eigenvalue weighted by Crippen LogP contribution is 2.48. The number of rotatable bonds is 4. The van der Waals surface area contributed by atoms with Gasteiger partial charge in [-0.05, 0) is 23.3 Å². The van der Waals surface area contributed by atoms with E-state index in [1.54, 1.807) is 21.8 Å². The van der Waals surface area contributed by atoms with Gasteiger partial charge in [-0.15, -0.1) is 0 Å². The van der Waals surface area contributed by atoms with E-state index in [0.29, 0.717) is 24.7 Å². The number of anilines is 1. The standard InChI is InChI=1S/C24H23FN4O2/c1-27-10-18(9-26-27)16-6-7-17(21(25)8-16)11-29-22-5-3-2-4-20(22)24(23(29)30)14-28(15-24)19-12-31-13-19/h2-10,19H,11-15H2,1H3. The van der Waals surface area contributed by atoms with Crippen molar-refractivity contribution in [3.8, 4) is 11.1 Å². The highest BCUT2D eigenvalue weighted by molar-refractivity contribution is 6.09. The van der Waals surface area contributed by atoms with E-state index >= 15 is 4.39 Å². The minimum absolute atomic E-state index is 0.0703. The maximum atomic E-state index is 15.0. The van der Waals surface area contributed by atoms with Gasteiger partial charge in [0.1, 0.15) is 11.2 Å². The van der Waals surface area contributed by atoms with Crippen LogP contribution in [0.1, 0.15) is 11.1 Å². The number of likely N-dealkylation sites (tertiary alicyclic amines) is 1. The lowest BCUT2D eigenvalue weighted by Gasteiger charge is -2.52. The molecule has 0 bridgehead atoms. The van der Waals surface area contributed by atoms with E-state index in [0.717, 1.165) is 35.6 Å². The number of aryl methyl sites for hydroxylation is 1. The third-order valence-corrected chi connectivity index (χ3v) is 6.87. The van der Waals surface area contributed by atoms with Gasteiger partial charge in [0.15, 0.2) is 0 Å². The summed E-state index contributed by atoms with van der Waals surface area (Å²) in [4.78, 5) is 17.7. The lowest BCUT2D eigenvalue weighted by atomic mass is 9.73. The number of carbonyl (C=O) groups excluding carboxylic acids is 1. The van der Waals surface area contributed by atoms with E-state index in [1.165, 1.54) is 6.07 Å². The number of halogens is 1. The van der Waals surface area contributed by atoms with Crippen LogP contribution in [-0.4, -0.2) is 52.9 Å². The van der Waals surface area contributed by atoms with Crippen molar-refractivity contribution in [2.24, 2.45) is 7.05 Å². The molecule has 3 aliphatic rings. The molecular formula is C24H23FN4O2. The van der Waals surface area contributed by atoms with Gasteiger partial charge in [-0.25, -0.2) is 4.39 Å². The number of hydrogen-bond donors (Lipinski definition) is 0. The molecule has 3 aliphatic heterocycles. The number of hydrogen-bond acceptors (Lipinski definition) is 4.